The number of benzene rings is 1. The second kappa shape index (κ2) is 5.90. The molecule has 118 valence electrons. The normalized spacial score (nSPS) is 15.4. The standard InChI is InChI=1S/C16H18O6/c1-9-8-11-10(14(19-2)13(9)15(18)20-3)6-7-12(17)16(11,21-4)22-5/h6-8H,1-5H3. The van der Waals surface area contributed by atoms with Crippen molar-refractivity contribution >= 4 is 17.8 Å². The van der Waals surface area contributed by atoms with Gasteiger partial charge < -0.3 is 18.9 Å². The summed E-state index contributed by atoms with van der Waals surface area (Å²) in [5, 5.41) is 0. The van der Waals surface area contributed by atoms with E-state index in [1.54, 1.807) is 19.1 Å². The highest BCUT2D eigenvalue weighted by Crippen LogP contribution is 2.42. The molecule has 0 radical (unpaired) electrons. The van der Waals surface area contributed by atoms with Crippen molar-refractivity contribution in [3.05, 3.63) is 34.4 Å². The van der Waals surface area contributed by atoms with Crippen molar-refractivity contribution < 1.29 is 28.5 Å². The molecule has 0 bridgehead atoms. The minimum Gasteiger partial charge on any atom is -0.495 e. The van der Waals surface area contributed by atoms with Crippen LogP contribution in [0.5, 0.6) is 5.75 Å². The lowest BCUT2D eigenvalue weighted by Gasteiger charge is -2.33. The number of rotatable bonds is 4. The van der Waals surface area contributed by atoms with Crippen molar-refractivity contribution in [2.75, 3.05) is 28.4 Å². The van der Waals surface area contributed by atoms with E-state index in [0.29, 0.717) is 28.0 Å². The lowest BCUT2D eigenvalue weighted by molar-refractivity contribution is -0.209. The van der Waals surface area contributed by atoms with E-state index in [1.165, 1.54) is 34.5 Å². The molecule has 0 aromatic heterocycles. The van der Waals surface area contributed by atoms with Crippen LogP contribution in [0.15, 0.2) is 12.1 Å². The van der Waals surface area contributed by atoms with Gasteiger partial charge in [0.1, 0.15) is 11.3 Å². The van der Waals surface area contributed by atoms with Gasteiger partial charge in [0, 0.05) is 25.3 Å². The Balaban J connectivity index is 2.84. The summed E-state index contributed by atoms with van der Waals surface area (Å²) >= 11 is 0. The maximum atomic E-state index is 12.3. The molecule has 0 heterocycles. The Morgan fingerprint density at radius 2 is 1.73 bits per heavy atom. The van der Waals surface area contributed by atoms with Gasteiger partial charge in [-0.2, -0.15) is 0 Å². The Kier molecular flexibility index (Phi) is 4.35. The fourth-order valence-corrected chi connectivity index (χ4v) is 2.71. The Morgan fingerprint density at radius 3 is 2.23 bits per heavy atom. The average molecular weight is 306 g/mol. The number of aryl methyl sites for hydroxylation is 1. The van der Waals surface area contributed by atoms with Crippen LogP contribution in [-0.4, -0.2) is 40.2 Å². The monoisotopic (exact) mass is 306 g/mol. The van der Waals surface area contributed by atoms with Crippen LogP contribution in [0.25, 0.3) is 6.08 Å². The Bertz CT molecular complexity index is 655. The molecule has 1 aliphatic carbocycles. The number of hydrogen-bond acceptors (Lipinski definition) is 6. The predicted octanol–water partition coefficient (Wildman–Crippen LogP) is 1.83. The minimum atomic E-state index is -1.54. The molecule has 0 fully saturated rings. The van der Waals surface area contributed by atoms with Crippen LogP contribution in [0, 0.1) is 6.92 Å². The van der Waals surface area contributed by atoms with Gasteiger partial charge in [-0.15, -0.1) is 0 Å². The van der Waals surface area contributed by atoms with Crippen molar-refractivity contribution in [1.82, 2.24) is 0 Å². The van der Waals surface area contributed by atoms with Gasteiger partial charge in [0.2, 0.25) is 5.78 Å². The van der Waals surface area contributed by atoms with E-state index in [4.69, 9.17) is 18.9 Å². The Morgan fingerprint density at radius 1 is 1.09 bits per heavy atom. The predicted molar refractivity (Wildman–Crippen MR) is 78.8 cm³/mol. The number of hydrogen-bond donors (Lipinski definition) is 0. The summed E-state index contributed by atoms with van der Waals surface area (Å²) in [4.78, 5) is 24.3. The second-order valence-electron chi connectivity index (χ2n) is 4.78. The smallest absolute Gasteiger partial charge is 0.341 e. The number of carbonyl (C=O) groups excluding carboxylic acids is 2. The zero-order valence-corrected chi connectivity index (χ0v) is 13.2. The van der Waals surface area contributed by atoms with Crippen molar-refractivity contribution in [1.29, 1.82) is 0 Å². The van der Waals surface area contributed by atoms with Gasteiger partial charge >= 0.3 is 5.97 Å². The number of fused-ring (bicyclic) bond motifs is 1. The first-order chi connectivity index (χ1) is 10.5. The molecular weight excluding hydrogens is 288 g/mol. The molecule has 0 amide bonds. The Hall–Kier alpha value is -2.18. The van der Waals surface area contributed by atoms with Crippen molar-refractivity contribution in [2.24, 2.45) is 0 Å². The molecule has 0 unspecified atom stereocenters. The summed E-state index contributed by atoms with van der Waals surface area (Å²) < 4.78 is 20.9. The van der Waals surface area contributed by atoms with Crippen molar-refractivity contribution in [3.8, 4) is 5.75 Å². The number of ketones is 1. The van der Waals surface area contributed by atoms with Crippen LogP contribution in [-0.2, 0) is 24.8 Å². The summed E-state index contributed by atoms with van der Waals surface area (Å²) in [5.74, 6) is -2.07. The maximum Gasteiger partial charge on any atom is 0.341 e. The topological polar surface area (TPSA) is 71.1 Å². The zero-order valence-electron chi connectivity index (χ0n) is 13.2. The van der Waals surface area contributed by atoms with Gasteiger partial charge in [0.15, 0.2) is 0 Å². The number of ether oxygens (including phenoxy) is 4. The van der Waals surface area contributed by atoms with Gasteiger partial charge in [-0.1, -0.05) is 0 Å². The van der Waals surface area contributed by atoms with E-state index in [1.807, 2.05) is 0 Å². The fraction of sp³-hybridized carbons (Fsp3) is 0.375. The maximum absolute atomic E-state index is 12.3. The molecule has 0 aliphatic heterocycles. The van der Waals surface area contributed by atoms with E-state index in [-0.39, 0.29) is 5.78 Å². The van der Waals surface area contributed by atoms with E-state index in [9.17, 15) is 9.59 Å². The SMILES string of the molecule is COC(=O)c1c(C)cc2c(c1OC)C=CC(=O)C2(OC)OC. The molecule has 1 aliphatic rings. The molecular formula is C16H18O6. The molecule has 22 heavy (non-hydrogen) atoms. The summed E-state index contributed by atoms with van der Waals surface area (Å²) in [6.45, 7) is 1.73. The third-order valence-corrected chi connectivity index (χ3v) is 3.77. The molecule has 2 rings (SSSR count). The van der Waals surface area contributed by atoms with Crippen LogP contribution in [0.3, 0.4) is 0 Å². The highest BCUT2D eigenvalue weighted by molar-refractivity contribution is 6.05. The second-order valence-corrected chi connectivity index (χ2v) is 4.78. The van der Waals surface area contributed by atoms with E-state index in [0.717, 1.165) is 0 Å². The van der Waals surface area contributed by atoms with Crippen LogP contribution in [0.2, 0.25) is 0 Å². The fourth-order valence-electron chi connectivity index (χ4n) is 2.71. The van der Waals surface area contributed by atoms with Gasteiger partial charge in [-0.05, 0) is 30.7 Å². The van der Waals surface area contributed by atoms with Crippen molar-refractivity contribution in [2.45, 2.75) is 12.7 Å². The quantitative estimate of drug-likeness (QED) is 0.624. The molecule has 6 nitrogen and oxygen atoms in total. The summed E-state index contributed by atoms with van der Waals surface area (Å²) in [6, 6.07) is 1.68. The lowest BCUT2D eigenvalue weighted by atomic mass is 9.86. The summed E-state index contributed by atoms with van der Waals surface area (Å²) in [6.07, 6.45) is 2.92. The Labute approximate surface area is 128 Å². The first-order valence-corrected chi connectivity index (χ1v) is 6.60. The third-order valence-electron chi connectivity index (χ3n) is 3.77. The molecule has 0 spiro atoms. The molecule has 0 atom stereocenters. The van der Waals surface area contributed by atoms with Crippen LogP contribution >= 0.6 is 0 Å². The number of esters is 1. The zero-order chi connectivity index (χ0) is 16.5. The average Bonchev–Trinajstić information content (AvgIpc) is 2.53. The molecule has 1 aromatic rings. The van der Waals surface area contributed by atoms with Gasteiger partial charge in [0.05, 0.1) is 14.2 Å². The van der Waals surface area contributed by atoms with Crippen molar-refractivity contribution in [3.63, 3.8) is 0 Å². The first kappa shape index (κ1) is 16.2. The highest BCUT2D eigenvalue weighted by Gasteiger charge is 2.45. The third kappa shape index (κ3) is 2.12. The van der Waals surface area contributed by atoms with E-state index < -0.39 is 11.8 Å². The molecule has 0 N–H and O–H groups in total. The lowest BCUT2D eigenvalue weighted by Crippen LogP contribution is -2.41. The van der Waals surface area contributed by atoms with Gasteiger partial charge in [0.25, 0.3) is 5.79 Å². The summed E-state index contributed by atoms with van der Waals surface area (Å²) in [5.41, 5.74) is 1.96. The first-order valence-electron chi connectivity index (χ1n) is 6.60. The molecule has 6 heteroatoms. The number of carbonyl (C=O) groups is 2. The molecule has 1 aromatic carbocycles. The largest absolute Gasteiger partial charge is 0.495 e. The van der Waals surface area contributed by atoms with E-state index in [2.05, 4.69) is 0 Å². The van der Waals surface area contributed by atoms with Gasteiger partial charge in [-0.25, -0.2) is 4.79 Å². The summed E-state index contributed by atoms with van der Waals surface area (Å²) in [7, 11) is 5.53. The van der Waals surface area contributed by atoms with Crippen LogP contribution in [0.1, 0.15) is 27.0 Å². The van der Waals surface area contributed by atoms with Crippen LogP contribution < -0.4 is 4.74 Å². The molecule has 0 saturated carbocycles. The van der Waals surface area contributed by atoms with Crippen LogP contribution in [0.4, 0.5) is 0 Å². The van der Waals surface area contributed by atoms with Gasteiger partial charge in [-0.3, -0.25) is 4.79 Å². The number of methoxy groups -OCH3 is 4. The molecule has 0 saturated heterocycles. The van der Waals surface area contributed by atoms with E-state index >= 15 is 0 Å². The minimum absolute atomic E-state index is 0.309. The highest BCUT2D eigenvalue weighted by atomic mass is 16.7.